The first-order valence-electron chi connectivity index (χ1n) is 5.86. The van der Waals surface area contributed by atoms with Gasteiger partial charge in [0.15, 0.2) is 0 Å². The third-order valence-corrected chi connectivity index (χ3v) is 2.82. The quantitative estimate of drug-likeness (QED) is 0.397. The Kier molecular flexibility index (Phi) is 3.85. The van der Waals surface area contributed by atoms with Gasteiger partial charge in [-0.2, -0.15) is 0 Å². The number of aromatic carboxylic acids is 1. The molecule has 0 spiro atoms. The van der Waals surface area contributed by atoms with Crippen LogP contribution in [0.2, 0.25) is 0 Å². The van der Waals surface area contributed by atoms with E-state index in [1.165, 1.54) is 12.1 Å². The SMILES string of the molecule is NNc1ccc(C(=O)ON2C(=O)CCC2=O)c(C(=O)O)c1. The molecule has 0 atom stereocenters. The van der Waals surface area contributed by atoms with Gasteiger partial charge in [-0.25, -0.2) is 9.59 Å². The van der Waals surface area contributed by atoms with Crippen molar-refractivity contribution < 1.29 is 29.1 Å². The standard InChI is InChI=1S/C12H11N3O6/c13-14-6-1-2-7(8(5-6)11(18)19)12(20)21-15-9(16)3-4-10(15)17/h1-2,5,14H,3-4,13H2,(H,18,19). The molecule has 1 saturated heterocycles. The zero-order valence-corrected chi connectivity index (χ0v) is 10.7. The van der Waals surface area contributed by atoms with Gasteiger partial charge >= 0.3 is 11.9 Å². The first-order valence-corrected chi connectivity index (χ1v) is 5.86. The van der Waals surface area contributed by atoms with E-state index in [1.54, 1.807) is 0 Å². The van der Waals surface area contributed by atoms with Crippen LogP contribution in [0.4, 0.5) is 5.69 Å². The van der Waals surface area contributed by atoms with E-state index in [9.17, 15) is 19.2 Å². The van der Waals surface area contributed by atoms with Crippen molar-refractivity contribution in [3.05, 3.63) is 29.3 Å². The van der Waals surface area contributed by atoms with Gasteiger partial charge in [0.05, 0.1) is 11.1 Å². The molecule has 2 amide bonds. The van der Waals surface area contributed by atoms with Crippen molar-refractivity contribution >= 4 is 29.4 Å². The van der Waals surface area contributed by atoms with E-state index >= 15 is 0 Å². The maximum absolute atomic E-state index is 11.9. The van der Waals surface area contributed by atoms with Crippen molar-refractivity contribution in [2.24, 2.45) is 5.84 Å². The molecule has 0 saturated carbocycles. The number of rotatable bonds is 4. The van der Waals surface area contributed by atoms with Crippen LogP contribution in [0.3, 0.4) is 0 Å². The highest BCUT2D eigenvalue weighted by Crippen LogP contribution is 2.19. The largest absolute Gasteiger partial charge is 0.478 e. The number of hydrogen-bond donors (Lipinski definition) is 3. The van der Waals surface area contributed by atoms with Crippen LogP contribution in [0.1, 0.15) is 33.6 Å². The van der Waals surface area contributed by atoms with Gasteiger partial charge in [0.2, 0.25) is 0 Å². The van der Waals surface area contributed by atoms with Gasteiger partial charge in [0, 0.05) is 18.5 Å². The second kappa shape index (κ2) is 5.59. The van der Waals surface area contributed by atoms with Crippen molar-refractivity contribution in [3.63, 3.8) is 0 Å². The van der Waals surface area contributed by atoms with E-state index in [0.717, 1.165) is 6.07 Å². The molecule has 0 aliphatic carbocycles. The van der Waals surface area contributed by atoms with E-state index in [4.69, 9.17) is 10.9 Å². The average Bonchev–Trinajstić information content (AvgIpc) is 2.78. The second-order valence-electron chi connectivity index (χ2n) is 4.17. The number of carboxylic acid groups (broad SMARTS) is 1. The van der Waals surface area contributed by atoms with Gasteiger partial charge in [-0.3, -0.25) is 15.4 Å². The van der Waals surface area contributed by atoms with E-state index < -0.39 is 23.8 Å². The Morgan fingerprint density at radius 1 is 1.19 bits per heavy atom. The first kappa shape index (κ1) is 14.5. The Balaban J connectivity index is 2.28. The minimum Gasteiger partial charge on any atom is -0.478 e. The molecule has 1 fully saturated rings. The number of nitrogens with zero attached hydrogens (tertiary/aromatic N) is 1. The minimum atomic E-state index is -1.38. The lowest BCUT2D eigenvalue weighted by molar-refractivity contribution is -0.172. The molecule has 110 valence electrons. The van der Waals surface area contributed by atoms with Gasteiger partial charge in [-0.1, -0.05) is 0 Å². The number of amides is 2. The number of hydrogen-bond acceptors (Lipinski definition) is 7. The number of nitrogens with one attached hydrogen (secondary N) is 1. The predicted molar refractivity (Wildman–Crippen MR) is 67.7 cm³/mol. The molecule has 1 heterocycles. The molecule has 1 aliphatic heterocycles. The number of carbonyl (C=O) groups excluding carboxylic acids is 3. The highest BCUT2D eigenvalue weighted by Gasteiger charge is 2.34. The summed E-state index contributed by atoms with van der Waals surface area (Å²) < 4.78 is 0. The fraction of sp³-hybridized carbons (Fsp3) is 0.167. The lowest BCUT2D eigenvalue weighted by Gasteiger charge is -2.14. The minimum absolute atomic E-state index is 0.0477. The normalized spacial score (nSPS) is 14.2. The topological polar surface area (TPSA) is 139 Å². The number of carbonyl (C=O) groups is 4. The number of nitrogens with two attached hydrogens (primary N) is 1. The van der Waals surface area contributed by atoms with Gasteiger partial charge in [-0.15, -0.1) is 5.06 Å². The van der Waals surface area contributed by atoms with E-state index in [2.05, 4.69) is 10.3 Å². The Morgan fingerprint density at radius 2 is 1.81 bits per heavy atom. The summed E-state index contributed by atoms with van der Waals surface area (Å²) >= 11 is 0. The molecule has 2 rings (SSSR count). The fourth-order valence-corrected chi connectivity index (χ4v) is 1.78. The molecule has 0 bridgehead atoms. The van der Waals surface area contributed by atoms with Crippen molar-refractivity contribution in [3.8, 4) is 0 Å². The average molecular weight is 293 g/mol. The van der Waals surface area contributed by atoms with E-state index in [1.807, 2.05) is 0 Å². The molecular weight excluding hydrogens is 282 g/mol. The number of hydroxylamine groups is 2. The van der Waals surface area contributed by atoms with Crippen LogP contribution in [-0.2, 0) is 14.4 Å². The molecular formula is C12H11N3O6. The van der Waals surface area contributed by atoms with Gasteiger partial charge < -0.3 is 15.4 Å². The van der Waals surface area contributed by atoms with Crippen LogP contribution in [0.15, 0.2) is 18.2 Å². The number of hydrazine groups is 1. The van der Waals surface area contributed by atoms with Gasteiger partial charge in [0.25, 0.3) is 11.8 Å². The summed E-state index contributed by atoms with van der Waals surface area (Å²) in [6.07, 6.45) is -0.0954. The summed E-state index contributed by atoms with van der Waals surface area (Å²) in [7, 11) is 0. The number of anilines is 1. The lowest BCUT2D eigenvalue weighted by Crippen LogP contribution is -2.32. The summed E-state index contributed by atoms with van der Waals surface area (Å²) in [6.45, 7) is 0. The van der Waals surface area contributed by atoms with Crippen molar-refractivity contribution in [2.75, 3.05) is 5.43 Å². The van der Waals surface area contributed by atoms with Crippen molar-refractivity contribution in [1.29, 1.82) is 0 Å². The molecule has 0 radical (unpaired) electrons. The maximum Gasteiger partial charge on any atom is 0.364 e. The van der Waals surface area contributed by atoms with Crippen LogP contribution < -0.4 is 11.3 Å². The molecule has 4 N–H and O–H groups in total. The van der Waals surface area contributed by atoms with Crippen LogP contribution in [0.5, 0.6) is 0 Å². The third-order valence-electron chi connectivity index (χ3n) is 2.82. The lowest BCUT2D eigenvalue weighted by atomic mass is 10.1. The van der Waals surface area contributed by atoms with Gasteiger partial charge in [0.1, 0.15) is 0 Å². The summed E-state index contributed by atoms with van der Waals surface area (Å²) in [5.74, 6) is 1.37. The number of nitrogen functional groups attached to an aromatic ring is 1. The monoisotopic (exact) mass is 293 g/mol. The Morgan fingerprint density at radius 3 is 2.33 bits per heavy atom. The summed E-state index contributed by atoms with van der Waals surface area (Å²) in [6, 6.07) is 3.66. The molecule has 1 aromatic carbocycles. The third kappa shape index (κ3) is 2.82. The maximum atomic E-state index is 11.9. The fourth-order valence-electron chi connectivity index (χ4n) is 1.78. The summed E-state index contributed by atoms with van der Waals surface area (Å²) in [4.78, 5) is 50.4. The molecule has 1 aromatic rings. The van der Waals surface area contributed by atoms with Crippen LogP contribution in [0.25, 0.3) is 0 Å². The van der Waals surface area contributed by atoms with E-state index in [0.29, 0.717) is 5.06 Å². The zero-order valence-electron chi connectivity index (χ0n) is 10.7. The van der Waals surface area contributed by atoms with E-state index in [-0.39, 0.29) is 29.7 Å². The van der Waals surface area contributed by atoms with Crippen molar-refractivity contribution in [2.45, 2.75) is 12.8 Å². The zero-order chi connectivity index (χ0) is 15.6. The predicted octanol–water partition coefficient (Wildman–Crippen LogP) is -0.109. The summed E-state index contributed by atoms with van der Waals surface area (Å²) in [5, 5.41) is 9.43. The molecule has 1 aliphatic rings. The number of imide groups is 1. The second-order valence-corrected chi connectivity index (χ2v) is 4.17. The smallest absolute Gasteiger partial charge is 0.364 e. The molecule has 0 unspecified atom stereocenters. The Bertz CT molecular complexity index is 626. The van der Waals surface area contributed by atoms with Crippen molar-refractivity contribution in [1.82, 2.24) is 5.06 Å². The first-order chi connectivity index (χ1) is 9.93. The molecule has 9 heteroatoms. The molecule has 0 aromatic heterocycles. The highest BCUT2D eigenvalue weighted by atomic mass is 16.7. The number of carboxylic acids is 1. The Labute approximate surface area is 118 Å². The Hall–Kier alpha value is -2.94. The molecule has 21 heavy (non-hydrogen) atoms. The highest BCUT2D eigenvalue weighted by molar-refractivity contribution is 6.06. The summed E-state index contributed by atoms with van der Waals surface area (Å²) in [5.41, 5.74) is 1.85. The van der Waals surface area contributed by atoms with Crippen LogP contribution in [0, 0.1) is 0 Å². The van der Waals surface area contributed by atoms with Crippen LogP contribution in [-0.4, -0.2) is 33.9 Å². The molecule has 9 nitrogen and oxygen atoms in total. The van der Waals surface area contributed by atoms with Gasteiger partial charge in [-0.05, 0) is 18.2 Å². The van der Waals surface area contributed by atoms with Crippen LogP contribution >= 0.6 is 0 Å². The number of benzene rings is 1.